The van der Waals surface area contributed by atoms with Gasteiger partial charge in [0.1, 0.15) is 28.1 Å². The summed E-state index contributed by atoms with van der Waals surface area (Å²) in [4.78, 5) is 42.9. The number of esters is 2. The second-order valence-electron chi connectivity index (χ2n) is 10.1. The molecule has 47 heavy (non-hydrogen) atoms. The number of aryl methyl sites for hydroxylation is 2. The minimum Gasteiger partial charge on any atom is -0.506 e. The van der Waals surface area contributed by atoms with Crippen LogP contribution in [0.2, 0.25) is 0 Å². The molecule has 1 unspecified atom stereocenters. The van der Waals surface area contributed by atoms with E-state index in [-0.39, 0.29) is 24.1 Å². The van der Waals surface area contributed by atoms with Crippen LogP contribution in [0.3, 0.4) is 0 Å². The van der Waals surface area contributed by atoms with Gasteiger partial charge < -0.3 is 19.3 Å². The fraction of sp³-hybridized carbons (Fsp3) is 0.257. The molecule has 0 aliphatic carbocycles. The number of carbonyl (C=O) groups is 2. The van der Waals surface area contributed by atoms with Crippen LogP contribution in [-0.4, -0.2) is 50.2 Å². The maximum atomic E-state index is 12.0. The van der Waals surface area contributed by atoms with E-state index in [4.69, 9.17) is 14.2 Å². The third kappa shape index (κ3) is 10.8. The van der Waals surface area contributed by atoms with Crippen LogP contribution in [0, 0.1) is 13.8 Å². The quantitative estimate of drug-likeness (QED) is 0.108. The SMILES string of the molecule is CCOC(=O)/C=C(/c1cncc(OCc2ccccc2)c1)c1ncc(C)s1.CCOC(=O)CC(c1cncc(O)c1)c1ncc(C)s1. The van der Waals surface area contributed by atoms with Crippen LogP contribution >= 0.6 is 22.7 Å². The summed E-state index contributed by atoms with van der Waals surface area (Å²) in [5.74, 6) is -0.235. The average molecular weight is 673 g/mol. The summed E-state index contributed by atoms with van der Waals surface area (Å²) in [6.45, 7) is 8.59. The summed E-state index contributed by atoms with van der Waals surface area (Å²) in [5, 5.41) is 11.1. The number of thiazole rings is 2. The van der Waals surface area contributed by atoms with Crippen molar-refractivity contribution >= 4 is 40.2 Å². The van der Waals surface area contributed by atoms with Gasteiger partial charge in [0.25, 0.3) is 0 Å². The monoisotopic (exact) mass is 672 g/mol. The van der Waals surface area contributed by atoms with Crippen molar-refractivity contribution in [3.05, 3.63) is 122 Å². The lowest BCUT2D eigenvalue weighted by atomic mass is 9.98. The summed E-state index contributed by atoms with van der Waals surface area (Å²) in [6.07, 6.45) is 11.5. The van der Waals surface area contributed by atoms with E-state index in [1.54, 1.807) is 50.9 Å². The molecule has 0 amide bonds. The fourth-order valence-corrected chi connectivity index (χ4v) is 6.04. The van der Waals surface area contributed by atoms with E-state index in [1.807, 2.05) is 50.2 Å². The van der Waals surface area contributed by atoms with Crippen LogP contribution in [0.1, 0.15) is 62.6 Å². The summed E-state index contributed by atoms with van der Waals surface area (Å²) < 4.78 is 15.9. The Bertz CT molecular complexity index is 1790. The van der Waals surface area contributed by atoms with E-state index in [9.17, 15) is 14.7 Å². The molecule has 0 radical (unpaired) electrons. The first-order valence-electron chi connectivity index (χ1n) is 14.9. The molecular weight excluding hydrogens is 637 g/mol. The van der Waals surface area contributed by atoms with Gasteiger partial charge in [-0.2, -0.15) is 0 Å². The molecule has 4 heterocycles. The Kier molecular flexibility index (Phi) is 13.1. The van der Waals surface area contributed by atoms with Crippen molar-refractivity contribution in [1.29, 1.82) is 0 Å². The number of aromatic nitrogens is 4. The minimum absolute atomic E-state index is 0.0737. The Balaban J connectivity index is 0.000000223. The highest BCUT2D eigenvalue weighted by Crippen LogP contribution is 2.32. The van der Waals surface area contributed by atoms with Crippen molar-refractivity contribution in [3.8, 4) is 11.5 Å². The third-order valence-electron chi connectivity index (χ3n) is 6.43. The van der Waals surface area contributed by atoms with Crippen molar-refractivity contribution in [2.45, 2.75) is 46.6 Å². The van der Waals surface area contributed by atoms with Gasteiger partial charge in [0.15, 0.2) is 0 Å². The highest BCUT2D eigenvalue weighted by molar-refractivity contribution is 7.12. The summed E-state index contributed by atoms with van der Waals surface area (Å²) in [5.41, 5.74) is 3.25. The van der Waals surface area contributed by atoms with E-state index in [0.717, 1.165) is 36.5 Å². The Morgan fingerprint density at radius 3 is 2.26 bits per heavy atom. The number of rotatable bonds is 12. The predicted octanol–water partition coefficient (Wildman–Crippen LogP) is 7.06. The second-order valence-corrected chi connectivity index (χ2v) is 12.6. The highest BCUT2D eigenvalue weighted by atomic mass is 32.1. The molecule has 0 saturated heterocycles. The smallest absolute Gasteiger partial charge is 0.331 e. The highest BCUT2D eigenvalue weighted by Gasteiger charge is 2.23. The molecule has 5 rings (SSSR count). The summed E-state index contributed by atoms with van der Waals surface area (Å²) in [6, 6.07) is 13.4. The molecule has 0 saturated carbocycles. The van der Waals surface area contributed by atoms with Crippen LogP contribution < -0.4 is 4.74 Å². The second kappa shape index (κ2) is 17.7. The largest absolute Gasteiger partial charge is 0.506 e. The number of aromatic hydroxyl groups is 1. The molecule has 0 fully saturated rings. The van der Waals surface area contributed by atoms with Crippen LogP contribution in [0.15, 0.2) is 85.7 Å². The molecular formula is C35H36N4O6S2. The molecule has 1 aromatic carbocycles. The number of hydrogen-bond acceptors (Lipinski definition) is 12. The molecule has 0 spiro atoms. The predicted molar refractivity (Wildman–Crippen MR) is 181 cm³/mol. The number of nitrogens with zero attached hydrogens (tertiary/aromatic N) is 4. The third-order valence-corrected chi connectivity index (χ3v) is 8.41. The van der Waals surface area contributed by atoms with Crippen LogP contribution in [0.4, 0.5) is 0 Å². The van der Waals surface area contributed by atoms with Gasteiger partial charge in [-0.25, -0.2) is 14.8 Å². The van der Waals surface area contributed by atoms with Crippen molar-refractivity contribution in [1.82, 2.24) is 19.9 Å². The number of carbonyl (C=O) groups excluding carboxylic acids is 2. The lowest BCUT2D eigenvalue weighted by Gasteiger charge is -2.14. The Labute approximate surface area is 281 Å². The topological polar surface area (TPSA) is 134 Å². The Morgan fingerprint density at radius 2 is 1.60 bits per heavy atom. The van der Waals surface area contributed by atoms with Crippen LogP contribution in [-0.2, 0) is 25.7 Å². The van der Waals surface area contributed by atoms with E-state index >= 15 is 0 Å². The molecule has 0 aliphatic heterocycles. The normalized spacial score (nSPS) is 11.6. The van der Waals surface area contributed by atoms with Crippen molar-refractivity contribution in [3.63, 3.8) is 0 Å². The summed E-state index contributed by atoms with van der Waals surface area (Å²) in [7, 11) is 0. The zero-order valence-corrected chi connectivity index (χ0v) is 28.2. The van der Waals surface area contributed by atoms with Crippen molar-refractivity contribution in [2.75, 3.05) is 13.2 Å². The van der Waals surface area contributed by atoms with Crippen LogP contribution in [0.25, 0.3) is 5.57 Å². The van der Waals surface area contributed by atoms with Crippen LogP contribution in [0.5, 0.6) is 11.5 Å². The number of pyridine rings is 2. The molecule has 12 heteroatoms. The van der Waals surface area contributed by atoms with Gasteiger partial charge in [0.05, 0.1) is 32.0 Å². The molecule has 4 aromatic heterocycles. The van der Waals surface area contributed by atoms with Gasteiger partial charge in [0.2, 0.25) is 0 Å². The van der Waals surface area contributed by atoms with E-state index in [2.05, 4.69) is 19.9 Å². The Morgan fingerprint density at radius 1 is 0.872 bits per heavy atom. The zero-order valence-electron chi connectivity index (χ0n) is 26.6. The maximum absolute atomic E-state index is 12.0. The molecule has 0 bridgehead atoms. The van der Waals surface area contributed by atoms with Gasteiger partial charge in [-0.05, 0) is 51.0 Å². The molecule has 1 atom stereocenters. The fourth-order valence-electron chi connectivity index (χ4n) is 4.34. The number of benzene rings is 1. The first-order chi connectivity index (χ1) is 22.7. The molecule has 1 N–H and O–H groups in total. The van der Waals surface area contributed by atoms with Crippen molar-refractivity contribution < 1.29 is 28.9 Å². The van der Waals surface area contributed by atoms with E-state index in [0.29, 0.717) is 31.1 Å². The number of ether oxygens (including phenoxy) is 3. The van der Waals surface area contributed by atoms with E-state index in [1.165, 1.54) is 34.9 Å². The Hall–Kier alpha value is -4.94. The number of hydrogen-bond donors (Lipinski definition) is 1. The average Bonchev–Trinajstić information content (AvgIpc) is 3.70. The van der Waals surface area contributed by atoms with Gasteiger partial charge in [-0.1, -0.05) is 30.3 Å². The standard InChI is InChI=1S/C21H20N2O3S.C14H16N2O3S/c1-3-25-20(24)10-19(21-23-11-15(2)27-21)17-9-18(13-22-12-17)26-14-16-7-5-4-6-8-16;1-3-19-13(18)5-12(14-16-6-9(2)20-14)10-4-11(17)8-15-7-10/h4-13H,3,14H2,1-2H3;4,6-8,12,17H,3,5H2,1-2H3/b19-10-;. The molecule has 244 valence electrons. The lowest BCUT2D eigenvalue weighted by molar-refractivity contribution is -0.143. The zero-order chi connectivity index (χ0) is 33.6. The lowest BCUT2D eigenvalue weighted by Crippen LogP contribution is -2.11. The van der Waals surface area contributed by atoms with Crippen molar-refractivity contribution in [2.24, 2.45) is 0 Å². The minimum atomic E-state index is -0.407. The van der Waals surface area contributed by atoms with E-state index < -0.39 is 5.97 Å². The first-order valence-corrected chi connectivity index (χ1v) is 16.5. The maximum Gasteiger partial charge on any atom is 0.331 e. The first kappa shape index (κ1) is 34.9. The van der Waals surface area contributed by atoms with Gasteiger partial charge in [-0.3, -0.25) is 14.8 Å². The molecule has 0 aliphatic rings. The molecule has 10 nitrogen and oxygen atoms in total. The van der Waals surface area contributed by atoms with Gasteiger partial charge >= 0.3 is 11.9 Å². The van der Waals surface area contributed by atoms with Gasteiger partial charge in [0, 0.05) is 57.7 Å². The van der Waals surface area contributed by atoms with Gasteiger partial charge in [-0.15, -0.1) is 22.7 Å². The summed E-state index contributed by atoms with van der Waals surface area (Å²) >= 11 is 3.04. The molecule has 5 aromatic rings.